The summed E-state index contributed by atoms with van der Waals surface area (Å²) in [6, 6.07) is 14.4. The fraction of sp³-hybridized carbons (Fsp3) is 0.0500. The van der Waals surface area contributed by atoms with Crippen LogP contribution >= 0.6 is 11.6 Å². The number of imidazole rings is 1. The van der Waals surface area contributed by atoms with Crippen molar-refractivity contribution in [1.29, 1.82) is 0 Å². The number of nitrogens with zero attached hydrogens (tertiary/aromatic N) is 3. The van der Waals surface area contributed by atoms with Crippen molar-refractivity contribution in [1.82, 2.24) is 19.9 Å². The van der Waals surface area contributed by atoms with E-state index >= 15 is 0 Å². The van der Waals surface area contributed by atoms with Crippen LogP contribution in [-0.4, -0.2) is 19.9 Å². The number of aromatic nitrogens is 4. The third-order valence-corrected chi connectivity index (χ3v) is 4.36. The highest BCUT2D eigenvalue weighted by atomic mass is 35.5. The monoisotopic (exact) mass is 395 g/mol. The van der Waals surface area contributed by atoms with Crippen LogP contribution < -0.4 is 10.5 Å². The highest BCUT2D eigenvalue weighted by molar-refractivity contribution is 6.33. The second-order valence-corrected chi connectivity index (χ2v) is 6.38. The minimum absolute atomic E-state index is 0.158. The number of benzene rings is 2. The second kappa shape index (κ2) is 7.66. The Kier molecular flexibility index (Phi) is 4.90. The molecular weight excluding hydrogens is 381 g/mol. The van der Waals surface area contributed by atoms with Gasteiger partial charge in [0.25, 0.3) is 0 Å². The smallest absolute Gasteiger partial charge is 0.316 e. The van der Waals surface area contributed by atoms with Crippen molar-refractivity contribution < 1.29 is 9.13 Å². The van der Waals surface area contributed by atoms with Crippen LogP contribution in [0.4, 0.5) is 10.2 Å². The number of nitrogens with one attached hydrogen (secondary N) is 1. The summed E-state index contributed by atoms with van der Waals surface area (Å²) in [7, 11) is 0. The van der Waals surface area contributed by atoms with Gasteiger partial charge in [0.05, 0.1) is 10.6 Å². The molecule has 0 radical (unpaired) electrons. The molecule has 28 heavy (non-hydrogen) atoms. The molecule has 0 aliphatic carbocycles. The molecule has 0 amide bonds. The topological polar surface area (TPSA) is 89.7 Å². The first-order valence-corrected chi connectivity index (χ1v) is 8.78. The average molecular weight is 396 g/mol. The summed E-state index contributed by atoms with van der Waals surface area (Å²) >= 11 is 6.10. The van der Waals surface area contributed by atoms with Crippen LogP contribution in [0, 0.1) is 5.82 Å². The standard InChI is InChI=1S/C20H15ClFN5O/c21-14-7-4-8-15(22)16(14)19-26-17(18(23)27-19)13-9-24-20(25-10-13)28-11-12-5-2-1-3-6-12/h1-10H,11,23H2,(H,26,27). The van der Waals surface area contributed by atoms with Gasteiger partial charge in [-0.3, -0.25) is 0 Å². The summed E-state index contributed by atoms with van der Waals surface area (Å²) in [4.78, 5) is 15.6. The summed E-state index contributed by atoms with van der Waals surface area (Å²) in [5, 5.41) is 0.237. The summed E-state index contributed by atoms with van der Waals surface area (Å²) in [5.74, 6) is 0.00425. The zero-order valence-electron chi connectivity index (χ0n) is 14.6. The molecule has 0 saturated heterocycles. The number of halogens is 2. The lowest BCUT2D eigenvalue weighted by Gasteiger charge is -2.04. The van der Waals surface area contributed by atoms with E-state index in [-0.39, 0.29) is 28.2 Å². The van der Waals surface area contributed by atoms with Gasteiger partial charge in [0.2, 0.25) is 0 Å². The molecule has 8 heteroatoms. The lowest BCUT2D eigenvalue weighted by atomic mass is 10.2. The average Bonchev–Trinajstić information content (AvgIpc) is 3.08. The lowest BCUT2D eigenvalue weighted by molar-refractivity contribution is 0.281. The van der Waals surface area contributed by atoms with E-state index in [0.29, 0.717) is 17.9 Å². The summed E-state index contributed by atoms with van der Waals surface area (Å²) in [5.41, 5.74) is 8.16. The Balaban J connectivity index is 1.56. The predicted octanol–water partition coefficient (Wildman–Crippen LogP) is 4.49. The normalized spacial score (nSPS) is 10.8. The molecule has 3 N–H and O–H groups in total. The number of aromatic amines is 1. The molecule has 4 aromatic rings. The van der Waals surface area contributed by atoms with Crippen molar-refractivity contribution in [2.24, 2.45) is 0 Å². The first-order chi connectivity index (χ1) is 13.6. The third-order valence-electron chi connectivity index (χ3n) is 4.04. The Morgan fingerprint density at radius 2 is 1.79 bits per heavy atom. The molecular formula is C20H15ClFN5O. The molecule has 6 nitrogen and oxygen atoms in total. The molecule has 2 aromatic heterocycles. The molecule has 0 aliphatic heterocycles. The van der Waals surface area contributed by atoms with Crippen LogP contribution in [0.15, 0.2) is 60.9 Å². The minimum atomic E-state index is -0.492. The lowest BCUT2D eigenvalue weighted by Crippen LogP contribution is -1.99. The molecule has 0 aliphatic rings. The number of nitrogens with two attached hydrogens (primary N) is 1. The molecule has 0 fully saturated rings. The van der Waals surface area contributed by atoms with Gasteiger partial charge in [-0.1, -0.05) is 48.0 Å². The predicted molar refractivity (Wildman–Crippen MR) is 105 cm³/mol. The largest absolute Gasteiger partial charge is 0.459 e. The molecule has 0 unspecified atom stereocenters. The van der Waals surface area contributed by atoms with Crippen molar-refractivity contribution in [2.75, 3.05) is 5.73 Å². The molecule has 0 bridgehead atoms. The van der Waals surface area contributed by atoms with Gasteiger partial charge in [-0.2, -0.15) is 0 Å². The van der Waals surface area contributed by atoms with Gasteiger partial charge in [-0.05, 0) is 17.7 Å². The van der Waals surface area contributed by atoms with Crippen molar-refractivity contribution >= 4 is 17.4 Å². The van der Waals surface area contributed by atoms with E-state index in [1.807, 2.05) is 30.3 Å². The SMILES string of the molecule is Nc1[nH]c(-c2c(F)cccc2Cl)nc1-c1cnc(OCc2ccccc2)nc1. The Morgan fingerprint density at radius 3 is 2.50 bits per heavy atom. The summed E-state index contributed by atoms with van der Waals surface area (Å²) < 4.78 is 19.7. The zero-order chi connectivity index (χ0) is 19.5. The fourth-order valence-corrected chi connectivity index (χ4v) is 2.94. The number of rotatable bonds is 5. The number of nitrogen functional groups attached to an aromatic ring is 1. The number of anilines is 1. The van der Waals surface area contributed by atoms with Crippen LogP contribution in [-0.2, 0) is 6.61 Å². The molecule has 0 spiro atoms. The van der Waals surface area contributed by atoms with Gasteiger partial charge in [-0.15, -0.1) is 0 Å². The van der Waals surface area contributed by atoms with Gasteiger partial charge in [0.1, 0.15) is 29.8 Å². The number of ether oxygens (including phenoxy) is 1. The Hall–Kier alpha value is -3.45. The maximum Gasteiger partial charge on any atom is 0.316 e. The number of H-pyrrole nitrogens is 1. The maximum absolute atomic E-state index is 14.1. The Labute approximate surface area is 165 Å². The molecule has 140 valence electrons. The summed E-state index contributed by atoms with van der Waals surface area (Å²) in [6.07, 6.45) is 3.10. The van der Waals surface area contributed by atoms with Crippen LogP contribution in [0.3, 0.4) is 0 Å². The van der Waals surface area contributed by atoms with Crippen molar-refractivity contribution in [3.63, 3.8) is 0 Å². The van der Waals surface area contributed by atoms with Crippen molar-refractivity contribution in [2.45, 2.75) is 6.61 Å². The van der Waals surface area contributed by atoms with Crippen molar-refractivity contribution in [3.05, 3.63) is 77.3 Å². The molecule has 0 saturated carbocycles. The van der Waals surface area contributed by atoms with Crippen LogP contribution in [0.2, 0.25) is 5.02 Å². The van der Waals surface area contributed by atoms with E-state index in [4.69, 9.17) is 22.1 Å². The van der Waals surface area contributed by atoms with Crippen LogP contribution in [0.5, 0.6) is 6.01 Å². The molecule has 0 atom stereocenters. The number of hydrogen-bond acceptors (Lipinski definition) is 5. The van der Waals surface area contributed by atoms with E-state index in [1.165, 1.54) is 12.1 Å². The van der Waals surface area contributed by atoms with Gasteiger partial charge in [0.15, 0.2) is 0 Å². The van der Waals surface area contributed by atoms with Gasteiger partial charge in [0, 0.05) is 18.0 Å². The first-order valence-electron chi connectivity index (χ1n) is 8.41. The maximum atomic E-state index is 14.1. The van der Waals surface area contributed by atoms with E-state index in [0.717, 1.165) is 5.56 Å². The first kappa shape index (κ1) is 17.9. The van der Waals surface area contributed by atoms with E-state index in [1.54, 1.807) is 18.5 Å². The second-order valence-electron chi connectivity index (χ2n) is 5.97. The van der Waals surface area contributed by atoms with Gasteiger partial charge in [-0.25, -0.2) is 19.3 Å². The zero-order valence-corrected chi connectivity index (χ0v) is 15.3. The fourth-order valence-electron chi connectivity index (χ4n) is 2.68. The van der Waals surface area contributed by atoms with Gasteiger partial charge >= 0.3 is 6.01 Å². The van der Waals surface area contributed by atoms with Crippen LogP contribution in [0.1, 0.15) is 5.56 Å². The van der Waals surface area contributed by atoms with Crippen LogP contribution in [0.25, 0.3) is 22.6 Å². The quantitative estimate of drug-likeness (QED) is 0.519. The highest BCUT2D eigenvalue weighted by Gasteiger charge is 2.17. The van der Waals surface area contributed by atoms with E-state index in [2.05, 4.69) is 19.9 Å². The molecule has 4 rings (SSSR count). The molecule has 2 heterocycles. The van der Waals surface area contributed by atoms with E-state index < -0.39 is 5.82 Å². The third kappa shape index (κ3) is 3.65. The number of hydrogen-bond donors (Lipinski definition) is 2. The van der Waals surface area contributed by atoms with E-state index in [9.17, 15) is 4.39 Å². The van der Waals surface area contributed by atoms with Crippen molar-refractivity contribution in [3.8, 4) is 28.7 Å². The minimum Gasteiger partial charge on any atom is -0.459 e. The van der Waals surface area contributed by atoms with Gasteiger partial charge < -0.3 is 15.5 Å². The Bertz CT molecular complexity index is 1080. The summed E-state index contributed by atoms with van der Waals surface area (Å²) in [6.45, 7) is 0.362. The Morgan fingerprint density at radius 1 is 1.04 bits per heavy atom. The highest BCUT2D eigenvalue weighted by Crippen LogP contribution is 2.32. The molecule has 2 aromatic carbocycles.